The molecule has 2 heterocycles. The van der Waals surface area contributed by atoms with E-state index in [0.29, 0.717) is 17.4 Å². The molecule has 1 aromatic heterocycles. The minimum Gasteiger partial charge on any atom is -0.339 e. The van der Waals surface area contributed by atoms with Crippen molar-refractivity contribution in [1.82, 2.24) is 14.9 Å². The van der Waals surface area contributed by atoms with E-state index < -0.39 is 0 Å². The molecule has 23 heavy (non-hydrogen) atoms. The Hall–Kier alpha value is -2.43. The Balaban J connectivity index is 1.67. The lowest BCUT2D eigenvalue weighted by Crippen LogP contribution is -2.38. The highest BCUT2D eigenvalue weighted by molar-refractivity contribution is 5.92. The van der Waals surface area contributed by atoms with Gasteiger partial charge in [-0.1, -0.05) is 25.1 Å². The SMILES string of the molecule is Cc1ccccc1Nc1cnc(C(=O)N2CCC(C)CC2)cn1. The van der Waals surface area contributed by atoms with Crippen LogP contribution in [0.15, 0.2) is 36.7 Å². The predicted molar refractivity (Wildman–Crippen MR) is 90.8 cm³/mol. The number of anilines is 2. The Labute approximate surface area is 136 Å². The van der Waals surface area contributed by atoms with Crippen molar-refractivity contribution in [2.45, 2.75) is 26.7 Å². The van der Waals surface area contributed by atoms with E-state index in [-0.39, 0.29) is 5.91 Å². The van der Waals surface area contributed by atoms with Crippen molar-refractivity contribution in [3.63, 3.8) is 0 Å². The van der Waals surface area contributed by atoms with E-state index in [1.807, 2.05) is 36.1 Å². The lowest BCUT2D eigenvalue weighted by atomic mass is 9.99. The molecule has 1 aliphatic heterocycles. The molecule has 0 bridgehead atoms. The highest BCUT2D eigenvalue weighted by atomic mass is 16.2. The zero-order valence-corrected chi connectivity index (χ0v) is 13.6. The summed E-state index contributed by atoms with van der Waals surface area (Å²) < 4.78 is 0. The van der Waals surface area contributed by atoms with Crippen LogP contribution in [0.25, 0.3) is 0 Å². The number of aromatic nitrogens is 2. The van der Waals surface area contributed by atoms with Crippen LogP contribution in [0, 0.1) is 12.8 Å². The van der Waals surface area contributed by atoms with E-state index >= 15 is 0 Å². The first-order chi connectivity index (χ1) is 11.1. The summed E-state index contributed by atoms with van der Waals surface area (Å²) in [5, 5.41) is 3.23. The van der Waals surface area contributed by atoms with Gasteiger partial charge in [0, 0.05) is 18.8 Å². The van der Waals surface area contributed by atoms with Crippen molar-refractivity contribution in [2.24, 2.45) is 5.92 Å². The Kier molecular flexibility index (Phi) is 4.55. The van der Waals surface area contributed by atoms with Crippen molar-refractivity contribution in [1.29, 1.82) is 0 Å². The summed E-state index contributed by atoms with van der Waals surface area (Å²) in [7, 11) is 0. The maximum atomic E-state index is 12.4. The van der Waals surface area contributed by atoms with Crippen molar-refractivity contribution >= 4 is 17.4 Å². The highest BCUT2D eigenvalue weighted by Gasteiger charge is 2.22. The van der Waals surface area contributed by atoms with Gasteiger partial charge in [0.1, 0.15) is 11.5 Å². The summed E-state index contributed by atoms with van der Waals surface area (Å²) in [6.45, 7) is 5.88. The number of nitrogens with zero attached hydrogens (tertiary/aromatic N) is 3. The maximum Gasteiger partial charge on any atom is 0.274 e. The number of hydrogen-bond acceptors (Lipinski definition) is 4. The molecule has 1 N–H and O–H groups in total. The zero-order chi connectivity index (χ0) is 16.2. The Morgan fingerprint density at radius 1 is 1.17 bits per heavy atom. The molecular formula is C18H22N4O. The monoisotopic (exact) mass is 310 g/mol. The van der Waals surface area contributed by atoms with Gasteiger partial charge in [0.2, 0.25) is 0 Å². The molecule has 0 spiro atoms. The lowest BCUT2D eigenvalue weighted by molar-refractivity contribution is 0.0691. The number of aryl methyl sites for hydroxylation is 1. The predicted octanol–water partition coefficient (Wildman–Crippen LogP) is 3.40. The molecule has 1 aromatic carbocycles. The first kappa shape index (κ1) is 15.5. The van der Waals surface area contributed by atoms with Gasteiger partial charge in [-0.15, -0.1) is 0 Å². The summed E-state index contributed by atoms with van der Waals surface area (Å²) in [5.74, 6) is 1.32. The third-order valence-corrected chi connectivity index (χ3v) is 4.35. The number of para-hydroxylation sites is 1. The first-order valence-electron chi connectivity index (χ1n) is 8.07. The molecule has 1 aliphatic rings. The standard InChI is InChI=1S/C18H22N4O/c1-13-7-9-22(10-8-13)18(23)16-11-20-17(12-19-16)21-15-6-4-3-5-14(15)2/h3-6,11-13H,7-10H2,1-2H3,(H,20,21). The molecule has 0 saturated carbocycles. The number of nitrogens with one attached hydrogen (secondary N) is 1. The molecule has 0 radical (unpaired) electrons. The Morgan fingerprint density at radius 2 is 1.91 bits per heavy atom. The van der Waals surface area contributed by atoms with Gasteiger partial charge in [-0.25, -0.2) is 9.97 Å². The van der Waals surface area contributed by atoms with Crippen LogP contribution in [0.1, 0.15) is 35.8 Å². The minimum atomic E-state index is -0.0214. The van der Waals surface area contributed by atoms with Gasteiger partial charge in [0.05, 0.1) is 12.4 Å². The van der Waals surface area contributed by atoms with E-state index in [4.69, 9.17) is 0 Å². The van der Waals surface area contributed by atoms with Gasteiger partial charge in [-0.2, -0.15) is 0 Å². The summed E-state index contributed by atoms with van der Waals surface area (Å²) in [5.41, 5.74) is 2.54. The van der Waals surface area contributed by atoms with Gasteiger partial charge < -0.3 is 10.2 Å². The molecule has 5 heteroatoms. The quantitative estimate of drug-likeness (QED) is 0.944. The fourth-order valence-corrected chi connectivity index (χ4v) is 2.73. The van der Waals surface area contributed by atoms with Crippen molar-refractivity contribution in [2.75, 3.05) is 18.4 Å². The van der Waals surface area contributed by atoms with E-state index in [9.17, 15) is 4.79 Å². The zero-order valence-electron chi connectivity index (χ0n) is 13.6. The summed E-state index contributed by atoms with van der Waals surface area (Å²) in [6, 6.07) is 7.99. The maximum absolute atomic E-state index is 12.4. The molecule has 1 fully saturated rings. The van der Waals surface area contributed by atoms with Crippen LogP contribution in [0.4, 0.5) is 11.5 Å². The number of carbonyl (C=O) groups excluding carboxylic acids is 1. The molecule has 5 nitrogen and oxygen atoms in total. The van der Waals surface area contributed by atoms with Crippen LogP contribution in [0.5, 0.6) is 0 Å². The van der Waals surface area contributed by atoms with Gasteiger partial charge >= 0.3 is 0 Å². The number of likely N-dealkylation sites (tertiary alicyclic amines) is 1. The minimum absolute atomic E-state index is 0.0214. The molecule has 1 amide bonds. The molecule has 0 unspecified atom stereocenters. The molecule has 0 aliphatic carbocycles. The second kappa shape index (κ2) is 6.77. The number of carbonyl (C=O) groups is 1. The molecule has 120 valence electrons. The number of hydrogen-bond donors (Lipinski definition) is 1. The molecule has 2 aromatic rings. The van der Waals surface area contributed by atoms with E-state index in [1.165, 1.54) is 0 Å². The largest absolute Gasteiger partial charge is 0.339 e. The average molecular weight is 310 g/mol. The lowest BCUT2D eigenvalue weighted by Gasteiger charge is -2.29. The number of rotatable bonds is 3. The first-order valence-corrected chi connectivity index (χ1v) is 8.07. The molecule has 1 saturated heterocycles. The van der Waals surface area contributed by atoms with E-state index in [0.717, 1.165) is 37.2 Å². The Morgan fingerprint density at radius 3 is 2.57 bits per heavy atom. The van der Waals surface area contributed by atoms with Gasteiger partial charge in [0.25, 0.3) is 5.91 Å². The third-order valence-electron chi connectivity index (χ3n) is 4.35. The number of amides is 1. The van der Waals surface area contributed by atoms with Crippen LogP contribution >= 0.6 is 0 Å². The van der Waals surface area contributed by atoms with Crippen molar-refractivity contribution < 1.29 is 4.79 Å². The van der Waals surface area contributed by atoms with Crippen LogP contribution in [-0.4, -0.2) is 33.9 Å². The van der Waals surface area contributed by atoms with Crippen LogP contribution < -0.4 is 5.32 Å². The van der Waals surface area contributed by atoms with Crippen molar-refractivity contribution in [3.05, 3.63) is 47.9 Å². The van der Waals surface area contributed by atoms with Gasteiger partial charge in [-0.3, -0.25) is 4.79 Å². The van der Waals surface area contributed by atoms with Gasteiger partial charge in [-0.05, 0) is 37.3 Å². The second-order valence-electron chi connectivity index (χ2n) is 6.20. The van der Waals surface area contributed by atoms with E-state index in [2.05, 4.69) is 22.2 Å². The molecule has 3 rings (SSSR count). The smallest absolute Gasteiger partial charge is 0.274 e. The molecular weight excluding hydrogens is 288 g/mol. The summed E-state index contributed by atoms with van der Waals surface area (Å²) in [6.07, 6.45) is 5.30. The fourth-order valence-electron chi connectivity index (χ4n) is 2.73. The topological polar surface area (TPSA) is 58.1 Å². The number of piperidine rings is 1. The van der Waals surface area contributed by atoms with E-state index in [1.54, 1.807) is 12.4 Å². The number of benzene rings is 1. The van der Waals surface area contributed by atoms with Crippen LogP contribution in [-0.2, 0) is 0 Å². The third kappa shape index (κ3) is 3.67. The molecule has 0 atom stereocenters. The highest BCUT2D eigenvalue weighted by Crippen LogP contribution is 2.19. The Bertz CT molecular complexity index is 676. The normalized spacial score (nSPS) is 15.5. The van der Waals surface area contributed by atoms with Crippen molar-refractivity contribution in [3.8, 4) is 0 Å². The average Bonchev–Trinajstić information content (AvgIpc) is 2.58. The second-order valence-corrected chi connectivity index (χ2v) is 6.20. The summed E-state index contributed by atoms with van der Waals surface area (Å²) >= 11 is 0. The summed E-state index contributed by atoms with van der Waals surface area (Å²) in [4.78, 5) is 22.9. The van der Waals surface area contributed by atoms with Crippen LogP contribution in [0.3, 0.4) is 0 Å². The van der Waals surface area contributed by atoms with Gasteiger partial charge in [0.15, 0.2) is 0 Å². The van der Waals surface area contributed by atoms with Crippen LogP contribution in [0.2, 0.25) is 0 Å². The fraction of sp³-hybridized carbons (Fsp3) is 0.389.